The van der Waals surface area contributed by atoms with E-state index >= 15 is 0 Å². The predicted molar refractivity (Wildman–Crippen MR) is 59.4 cm³/mol. The Morgan fingerprint density at radius 3 is 3.06 bits per heavy atom. The lowest BCUT2D eigenvalue weighted by molar-refractivity contribution is 0.171. The second-order valence-electron chi connectivity index (χ2n) is 3.71. The summed E-state index contributed by atoms with van der Waals surface area (Å²) in [5.74, 6) is -0.541. The molecule has 0 aliphatic carbocycles. The minimum Gasteiger partial charge on any atom is -0.377 e. The van der Waals surface area contributed by atoms with Gasteiger partial charge in [-0.25, -0.2) is 9.18 Å². The predicted octanol–water partition coefficient (Wildman–Crippen LogP) is 0.759. The number of methoxy groups -OCH3 is 1. The van der Waals surface area contributed by atoms with E-state index in [1.165, 1.54) is 17.7 Å². The fraction of sp³-hybridized carbons (Fsp3) is 0.364. The molecule has 0 radical (unpaired) electrons. The van der Waals surface area contributed by atoms with Crippen molar-refractivity contribution in [2.24, 2.45) is 0 Å². The Bertz CT molecular complexity index is 579. The van der Waals surface area contributed by atoms with Crippen molar-refractivity contribution in [2.75, 3.05) is 7.11 Å². The van der Waals surface area contributed by atoms with Crippen LogP contribution in [-0.2, 0) is 24.3 Å². The average molecular weight is 253 g/mol. The van der Waals surface area contributed by atoms with Gasteiger partial charge >= 0.3 is 5.76 Å². The molecule has 0 fully saturated rings. The largest absolute Gasteiger partial charge is 0.441 e. The molecule has 2 rings (SSSR count). The highest BCUT2D eigenvalue weighted by Gasteiger charge is 2.10. The highest BCUT2D eigenvalue weighted by Crippen LogP contribution is 2.04. The molecule has 0 bridgehead atoms. The van der Waals surface area contributed by atoms with Gasteiger partial charge in [-0.1, -0.05) is 5.16 Å². The zero-order valence-electron chi connectivity index (χ0n) is 9.80. The van der Waals surface area contributed by atoms with Crippen molar-refractivity contribution in [3.63, 3.8) is 0 Å². The number of pyridine rings is 1. The van der Waals surface area contributed by atoms with E-state index in [0.29, 0.717) is 24.4 Å². The molecule has 0 unspecified atom stereocenters. The van der Waals surface area contributed by atoms with Crippen LogP contribution in [0.4, 0.5) is 4.39 Å². The molecule has 0 N–H and O–H groups in total. The standard InChI is InChI=1S/C11H12FN3O3/c1-17-7-10-14-18-11(16)15(10)3-2-8-4-9(12)6-13-5-8/h4-6H,2-3,7H2,1H3. The first-order chi connectivity index (χ1) is 8.70. The topological polar surface area (TPSA) is 70.2 Å². The summed E-state index contributed by atoms with van der Waals surface area (Å²) in [5.41, 5.74) is 0.700. The molecule has 0 saturated carbocycles. The van der Waals surface area contributed by atoms with Crippen molar-refractivity contribution in [3.8, 4) is 0 Å². The first kappa shape index (κ1) is 12.4. The van der Waals surface area contributed by atoms with Crippen LogP contribution in [0.2, 0.25) is 0 Å². The third kappa shape index (κ3) is 2.80. The Kier molecular flexibility index (Phi) is 3.83. The molecule has 0 saturated heterocycles. The zero-order chi connectivity index (χ0) is 13.0. The monoisotopic (exact) mass is 253 g/mol. The van der Waals surface area contributed by atoms with Gasteiger partial charge in [-0.15, -0.1) is 0 Å². The van der Waals surface area contributed by atoms with Crippen molar-refractivity contribution in [1.29, 1.82) is 0 Å². The van der Waals surface area contributed by atoms with E-state index in [0.717, 1.165) is 6.20 Å². The van der Waals surface area contributed by atoms with Gasteiger partial charge in [0.15, 0.2) is 5.82 Å². The Hall–Kier alpha value is -2.02. The molecular weight excluding hydrogens is 241 g/mol. The third-order valence-corrected chi connectivity index (χ3v) is 2.42. The van der Waals surface area contributed by atoms with E-state index in [1.807, 2.05) is 0 Å². The SMILES string of the molecule is COCc1noc(=O)n1CCc1cncc(F)c1. The number of hydrogen-bond acceptors (Lipinski definition) is 5. The minimum atomic E-state index is -0.550. The summed E-state index contributed by atoms with van der Waals surface area (Å²) in [6, 6.07) is 1.38. The van der Waals surface area contributed by atoms with Crippen LogP contribution in [0.25, 0.3) is 0 Å². The highest BCUT2D eigenvalue weighted by atomic mass is 19.1. The van der Waals surface area contributed by atoms with Gasteiger partial charge in [-0.2, -0.15) is 0 Å². The molecular formula is C11H12FN3O3. The molecule has 18 heavy (non-hydrogen) atoms. The van der Waals surface area contributed by atoms with Crippen molar-refractivity contribution >= 4 is 0 Å². The van der Waals surface area contributed by atoms with Gasteiger partial charge in [0.25, 0.3) is 0 Å². The highest BCUT2D eigenvalue weighted by molar-refractivity contribution is 5.10. The molecule has 0 spiro atoms. The quantitative estimate of drug-likeness (QED) is 0.786. The first-order valence-corrected chi connectivity index (χ1v) is 5.34. The maximum atomic E-state index is 12.9. The number of ether oxygens (including phenoxy) is 1. The van der Waals surface area contributed by atoms with Gasteiger partial charge in [0, 0.05) is 19.9 Å². The Balaban J connectivity index is 2.10. The van der Waals surface area contributed by atoms with E-state index in [1.54, 1.807) is 6.20 Å². The number of aryl methyl sites for hydroxylation is 1. The second kappa shape index (κ2) is 5.54. The van der Waals surface area contributed by atoms with Gasteiger partial charge < -0.3 is 4.74 Å². The molecule has 0 amide bonds. The molecule has 2 aromatic heterocycles. The van der Waals surface area contributed by atoms with Crippen molar-refractivity contribution < 1.29 is 13.7 Å². The summed E-state index contributed by atoms with van der Waals surface area (Å²) in [4.78, 5) is 15.1. The summed E-state index contributed by atoms with van der Waals surface area (Å²) >= 11 is 0. The molecule has 2 heterocycles. The number of rotatable bonds is 5. The maximum Gasteiger partial charge on any atom is 0.441 e. The number of hydrogen-bond donors (Lipinski definition) is 0. The van der Waals surface area contributed by atoms with Crippen molar-refractivity contribution in [1.82, 2.24) is 14.7 Å². The number of halogens is 1. The summed E-state index contributed by atoms with van der Waals surface area (Å²) in [6.07, 6.45) is 3.14. The first-order valence-electron chi connectivity index (χ1n) is 5.34. The van der Waals surface area contributed by atoms with Crippen LogP contribution in [0.15, 0.2) is 27.8 Å². The van der Waals surface area contributed by atoms with E-state index in [4.69, 9.17) is 4.74 Å². The number of aromatic nitrogens is 3. The molecule has 0 aliphatic rings. The Morgan fingerprint density at radius 2 is 2.33 bits per heavy atom. The summed E-state index contributed by atoms with van der Waals surface area (Å²) < 4.78 is 23.7. The fourth-order valence-electron chi connectivity index (χ4n) is 1.58. The second-order valence-corrected chi connectivity index (χ2v) is 3.71. The lowest BCUT2D eigenvalue weighted by Crippen LogP contribution is -2.19. The van der Waals surface area contributed by atoms with E-state index in [2.05, 4.69) is 14.7 Å². The lowest BCUT2D eigenvalue weighted by atomic mass is 10.2. The van der Waals surface area contributed by atoms with Gasteiger partial charge in [0.2, 0.25) is 0 Å². The van der Waals surface area contributed by atoms with E-state index in [-0.39, 0.29) is 6.61 Å². The van der Waals surface area contributed by atoms with Crippen molar-refractivity contribution in [3.05, 3.63) is 46.2 Å². The average Bonchev–Trinajstić information content (AvgIpc) is 2.69. The molecule has 96 valence electrons. The Morgan fingerprint density at radius 1 is 1.50 bits per heavy atom. The van der Waals surface area contributed by atoms with Crippen molar-refractivity contribution in [2.45, 2.75) is 19.6 Å². The van der Waals surface area contributed by atoms with Crippen LogP contribution in [0.5, 0.6) is 0 Å². The molecule has 0 aliphatic heterocycles. The molecule has 0 aromatic carbocycles. The lowest BCUT2D eigenvalue weighted by Gasteiger charge is -2.03. The molecule has 2 aromatic rings. The molecule has 7 heteroatoms. The normalized spacial score (nSPS) is 10.8. The summed E-state index contributed by atoms with van der Waals surface area (Å²) in [7, 11) is 1.50. The van der Waals surface area contributed by atoms with Gasteiger partial charge in [-0.05, 0) is 18.1 Å². The van der Waals surface area contributed by atoms with Crippen LogP contribution in [0.3, 0.4) is 0 Å². The van der Waals surface area contributed by atoms with Crippen LogP contribution >= 0.6 is 0 Å². The third-order valence-electron chi connectivity index (χ3n) is 2.42. The Labute approximate surface area is 102 Å². The fourth-order valence-corrected chi connectivity index (χ4v) is 1.58. The van der Waals surface area contributed by atoms with Gasteiger partial charge in [-0.3, -0.25) is 14.1 Å². The van der Waals surface area contributed by atoms with E-state index < -0.39 is 11.6 Å². The van der Waals surface area contributed by atoms with Gasteiger partial charge in [0.05, 0.1) is 6.20 Å². The smallest absolute Gasteiger partial charge is 0.377 e. The van der Waals surface area contributed by atoms with Crippen LogP contribution in [-0.4, -0.2) is 21.8 Å². The van der Waals surface area contributed by atoms with E-state index in [9.17, 15) is 9.18 Å². The van der Waals surface area contributed by atoms with Crippen LogP contribution < -0.4 is 5.76 Å². The zero-order valence-corrected chi connectivity index (χ0v) is 9.80. The molecule has 0 atom stereocenters. The molecule has 6 nitrogen and oxygen atoms in total. The maximum absolute atomic E-state index is 12.9. The number of nitrogens with zero attached hydrogens (tertiary/aromatic N) is 3. The minimum absolute atomic E-state index is 0.188. The van der Waals surface area contributed by atoms with Crippen LogP contribution in [0.1, 0.15) is 11.4 Å². The van der Waals surface area contributed by atoms with Crippen LogP contribution in [0, 0.1) is 5.82 Å². The summed E-state index contributed by atoms with van der Waals surface area (Å²) in [6.45, 7) is 0.527. The van der Waals surface area contributed by atoms with Gasteiger partial charge in [0.1, 0.15) is 12.4 Å². The summed E-state index contributed by atoms with van der Waals surface area (Å²) in [5, 5.41) is 3.60.